The summed E-state index contributed by atoms with van der Waals surface area (Å²) in [6, 6.07) is 4.65. The molecule has 1 unspecified atom stereocenters. The van der Waals surface area contributed by atoms with Crippen LogP contribution in [0.25, 0.3) is 0 Å². The summed E-state index contributed by atoms with van der Waals surface area (Å²) in [6.07, 6.45) is 3.08. The lowest BCUT2D eigenvalue weighted by molar-refractivity contribution is 0.471. The molecule has 1 atom stereocenters. The average molecular weight is 229 g/mol. The standard InChI is InChI=1S/C11H14ClFN2/c12-10-4-3-9(13)5-8(10)6-11(15-14)7-1-2-7/h3-5,7,11,15H,1-2,6,14H2. The van der Waals surface area contributed by atoms with Gasteiger partial charge in [0.05, 0.1) is 0 Å². The highest BCUT2D eigenvalue weighted by Crippen LogP contribution is 2.34. The predicted molar refractivity (Wildman–Crippen MR) is 58.9 cm³/mol. The second-order valence-corrected chi connectivity index (χ2v) is 4.46. The lowest BCUT2D eigenvalue weighted by atomic mass is 10.0. The third-order valence-electron chi connectivity index (χ3n) is 2.85. The van der Waals surface area contributed by atoms with Gasteiger partial charge in [0.15, 0.2) is 0 Å². The smallest absolute Gasteiger partial charge is 0.123 e. The Balaban J connectivity index is 2.11. The van der Waals surface area contributed by atoms with E-state index in [4.69, 9.17) is 17.4 Å². The molecular formula is C11H14ClFN2. The molecule has 0 radical (unpaired) electrons. The van der Waals surface area contributed by atoms with Gasteiger partial charge in [-0.15, -0.1) is 0 Å². The van der Waals surface area contributed by atoms with Gasteiger partial charge in [0.1, 0.15) is 5.82 Å². The van der Waals surface area contributed by atoms with Gasteiger partial charge in [0, 0.05) is 11.1 Å². The van der Waals surface area contributed by atoms with Crippen LogP contribution in [0.15, 0.2) is 18.2 Å². The van der Waals surface area contributed by atoms with Crippen LogP contribution >= 0.6 is 11.6 Å². The summed E-state index contributed by atoms with van der Waals surface area (Å²) in [4.78, 5) is 0. The summed E-state index contributed by atoms with van der Waals surface area (Å²) in [5.41, 5.74) is 3.60. The van der Waals surface area contributed by atoms with E-state index in [0.29, 0.717) is 17.4 Å². The Hall–Kier alpha value is -0.640. The van der Waals surface area contributed by atoms with Crippen LogP contribution < -0.4 is 11.3 Å². The number of hydrogen-bond acceptors (Lipinski definition) is 2. The SMILES string of the molecule is NNC(Cc1cc(F)ccc1Cl)C1CC1. The van der Waals surface area contributed by atoms with E-state index in [-0.39, 0.29) is 11.9 Å². The van der Waals surface area contributed by atoms with E-state index in [9.17, 15) is 4.39 Å². The molecule has 1 aliphatic rings. The van der Waals surface area contributed by atoms with Gasteiger partial charge in [-0.25, -0.2) is 4.39 Å². The molecule has 1 aliphatic carbocycles. The van der Waals surface area contributed by atoms with E-state index in [2.05, 4.69) is 5.43 Å². The molecule has 0 amide bonds. The molecule has 1 aromatic carbocycles. The number of halogens is 2. The lowest BCUT2D eigenvalue weighted by Gasteiger charge is -2.15. The van der Waals surface area contributed by atoms with Crippen LogP contribution in [-0.2, 0) is 6.42 Å². The largest absolute Gasteiger partial charge is 0.271 e. The monoisotopic (exact) mass is 228 g/mol. The molecule has 1 fully saturated rings. The molecule has 15 heavy (non-hydrogen) atoms. The number of nitrogens with two attached hydrogens (primary N) is 1. The summed E-state index contributed by atoms with van der Waals surface area (Å²) in [6.45, 7) is 0. The van der Waals surface area contributed by atoms with Crippen molar-refractivity contribution in [3.63, 3.8) is 0 Å². The van der Waals surface area contributed by atoms with Crippen LogP contribution in [0, 0.1) is 11.7 Å². The van der Waals surface area contributed by atoms with E-state index in [1.54, 1.807) is 6.07 Å². The zero-order valence-corrected chi connectivity index (χ0v) is 9.10. The van der Waals surface area contributed by atoms with Gasteiger partial charge < -0.3 is 0 Å². The second-order valence-electron chi connectivity index (χ2n) is 4.05. The maximum atomic E-state index is 13.0. The predicted octanol–water partition coefficient (Wildman–Crippen LogP) is 2.26. The fourth-order valence-corrected chi connectivity index (χ4v) is 1.99. The van der Waals surface area contributed by atoms with Gasteiger partial charge in [-0.05, 0) is 48.9 Å². The summed E-state index contributed by atoms with van der Waals surface area (Å²) in [5, 5.41) is 0.609. The highest BCUT2D eigenvalue weighted by molar-refractivity contribution is 6.31. The minimum absolute atomic E-state index is 0.212. The van der Waals surface area contributed by atoms with E-state index in [0.717, 1.165) is 5.56 Å². The first kappa shape index (κ1) is 10.9. The van der Waals surface area contributed by atoms with Crippen molar-refractivity contribution >= 4 is 11.6 Å². The van der Waals surface area contributed by atoms with Crippen molar-refractivity contribution in [2.45, 2.75) is 25.3 Å². The molecule has 1 aromatic rings. The Bertz CT molecular complexity index is 352. The molecule has 0 spiro atoms. The molecule has 1 saturated carbocycles. The maximum Gasteiger partial charge on any atom is 0.123 e. The molecular weight excluding hydrogens is 215 g/mol. The molecule has 2 nitrogen and oxygen atoms in total. The number of hydrazine groups is 1. The van der Waals surface area contributed by atoms with Gasteiger partial charge >= 0.3 is 0 Å². The third kappa shape index (κ3) is 2.68. The van der Waals surface area contributed by atoms with Crippen LogP contribution in [0.5, 0.6) is 0 Å². The Morgan fingerprint density at radius 3 is 2.87 bits per heavy atom. The summed E-state index contributed by atoms with van der Waals surface area (Å²) in [7, 11) is 0. The Morgan fingerprint density at radius 1 is 1.53 bits per heavy atom. The highest BCUT2D eigenvalue weighted by Gasteiger charge is 2.30. The fourth-order valence-electron chi connectivity index (χ4n) is 1.80. The average Bonchev–Trinajstić information content (AvgIpc) is 3.03. The molecule has 0 aromatic heterocycles. The number of benzene rings is 1. The number of rotatable bonds is 4. The number of nitrogens with one attached hydrogen (secondary N) is 1. The summed E-state index contributed by atoms with van der Waals surface area (Å²) in [5.74, 6) is 5.83. The summed E-state index contributed by atoms with van der Waals surface area (Å²) >= 11 is 5.99. The molecule has 0 saturated heterocycles. The van der Waals surface area contributed by atoms with Crippen molar-refractivity contribution in [2.75, 3.05) is 0 Å². The van der Waals surface area contributed by atoms with E-state index >= 15 is 0 Å². The van der Waals surface area contributed by atoms with Gasteiger partial charge in [0.2, 0.25) is 0 Å². The number of hydrogen-bond donors (Lipinski definition) is 2. The Morgan fingerprint density at radius 2 is 2.27 bits per heavy atom. The fraction of sp³-hybridized carbons (Fsp3) is 0.455. The van der Waals surface area contributed by atoms with Gasteiger partial charge in [-0.3, -0.25) is 11.3 Å². The molecule has 0 aliphatic heterocycles. The first-order valence-electron chi connectivity index (χ1n) is 5.10. The Labute approximate surface area is 93.6 Å². The molecule has 82 valence electrons. The summed E-state index contributed by atoms with van der Waals surface area (Å²) < 4.78 is 13.0. The first-order valence-corrected chi connectivity index (χ1v) is 5.48. The van der Waals surface area contributed by atoms with Crippen molar-refractivity contribution < 1.29 is 4.39 Å². The van der Waals surface area contributed by atoms with Crippen LogP contribution in [0.2, 0.25) is 5.02 Å². The van der Waals surface area contributed by atoms with Crippen molar-refractivity contribution in [3.8, 4) is 0 Å². The van der Waals surface area contributed by atoms with Gasteiger partial charge in [0.25, 0.3) is 0 Å². The zero-order valence-electron chi connectivity index (χ0n) is 8.34. The minimum Gasteiger partial charge on any atom is -0.271 e. The Kier molecular flexibility index (Phi) is 3.24. The van der Waals surface area contributed by atoms with E-state index in [1.165, 1.54) is 25.0 Å². The quantitative estimate of drug-likeness (QED) is 0.613. The van der Waals surface area contributed by atoms with Gasteiger partial charge in [-0.2, -0.15) is 0 Å². The van der Waals surface area contributed by atoms with Crippen LogP contribution in [0.1, 0.15) is 18.4 Å². The highest BCUT2D eigenvalue weighted by atomic mass is 35.5. The maximum absolute atomic E-state index is 13.0. The van der Waals surface area contributed by atoms with Crippen molar-refractivity contribution in [3.05, 3.63) is 34.6 Å². The second kappa shape index (κ2) is 4.47. The normalized spacial score (nSPS) is 17.8. The van der Waals surface area contributed by atoms with Crippen molar-refractivity contribution in [1.29, 1.82) is 0 Å². The zero-order chi connectivity index (χ0) is 10.8. The van der Waals surface area contributed by atoms with E-state index in [1.807, 2.05) is 0 Å². The topological polar surface area (TPSA) is 38.0 Å². The van der Waals surface area contributed by atoms with E-state index < -0.39 is 0 Å². The minimum atomic E-state index is -0.249. The molecule has 4 heteroatoms. The molecule has 0 heterocycles. The van der Waals surface area contributed by atoms with Crippen molar-refractivity contribution in [1.82, 2.24) is 5.43 Å². The first-order chi connectivity index (χ1) is 7.20. The third-order valence-corrected chi connectivity index (χ3v) is 3.22. The van der Waals surface area contributed by atoms with Crippen LogP contribution in [0.4, 0.5) is 4.39 Å². The van der Waals surface area contributed by atoms with Crippen LogP contribution in [-0.4, -0.2) is 6.04 Å². The van der Waals surface area contributed by atoms with Crippen molar-refractivity contribution in [2.24, 2.45) is 11.8 Å². The van der Waals surface area contributed by atoms with Gasteiger partial charge in [-0.1, -0.05) is 11.6 Å². The lowest BCUT2D eigenvalue weighted by Crippen LogP contribution is -2.38. The van der Waals surface area contributed by atoms with Crippen LogP contribution in [0.3, 0.4) is 0 Å². The molecule has 2 rings (SSSR count). The molecule has 3 N–H and O–H groups in total. The molecule has 0 bridgehead atoms.